The van der Waals surface area contributed by atoms with Crippen LogP contribution in [0.4, 0.5) is 13.2 Å². The second-order valence-corrected chi connectivity index (χ2v) is 7.51. The van der Waals surface area contributed by atoms with Crippen LogP contribution >= 0.6 is 22.9 Å². The topological polar surface area (TPSA) is 71.7 Å². The van der Waals surface area contributed by atoms with Gasteiger partial charge in [0.2, 0.25) is 0 Å². The summed E-state index contributed by atoms with van der Waals surface area (Å²) in [6.45, 7) is 1.59. The Morgan fingerprint density at radius 3 is 2.52 bits per heavy atom. The molecule has 0 radical (unpaired) electrons. The standard InChI is InChI=1S/C19H14ClF3N2O3S/c1-2-13(17(27)28)25-14-8-4-7-12(19(21,22)23)15(14)29-18(25)24-16(26)10-5-3-6-11(20)9-10/h3-9,13H,2H2,1H3,(H,27,28)/b24-18-. The first kappa shape index (κ1) is 21.1. The number of hydrogen-bond donors (Lipinski definition) is 1. The molecule has 29 heavy (non-hydrogen) atoms. The van der Waals surface area contributed by atoms with Gasteiger partial charge in [0.15, 0.2) is 4.80 Å². The molecule has 1 aromatic heterocycles. The number of amides is 1. The number of aromatic nitrogens is 1. The normalized spacial score (nSPS) is 13.6. The maximum absolute atomic E-state index is 13.4. The average Bonchev–Trinajstić information content (AvgIpc) is 2.99. The van der Waals surface area contributed by atoms with Crippen molar-refractivity contribution in [3.8, 4) is 0 Å². The van der Waals surface area contributed by atoms with Gasteiger partial charge in [-0.05, 0) is 36.8 Å². The highest BCUT2D eigenvalue weighted by Crippen LogP contribution is 2.37. The van der Waals surface area contributed by atoms with Gasteiger partial charge in [-0.2, -0.15) is 18.2 Å². The van der Waals surface area contributed by atoms with Crippen LogP contribution in [0.15, 0.2) is 47.5 Å². The molecule has 1 N–H and O–H groups in total. The largest absolute Gasteiger partial charge is 0.480 e. The molecular formula is C19H14ClF3N2O3S. The molecule has 5 nitrogen and oxygen atoms in total. The molecule has 0 saturated carbocycles. The lowest BCUT2D eigenvalue weighted by molar-refractivity contribution is -0.141. The summed E-state index contributed by atoms with van der Waals surface area (Å²) in [4.78, 5) is 28.1. The third-order valence-electron chi connectivity index (χ3n) is 4.21. The molecular weight excluding hydrogens is 429 g/mol. The number of thiazole rings is 1. The lowest BCUT2D eigenvalue weighted by Gasteiger charge is -2.14. The summed E-state index contributed by atoms with van der Waals surface area (Å²) in [7, 11) is 0. The quantitative estimate of drug-likeness (QED) is 0.607. The van der Waals surface area contributed by atoms with Crippen LogP contribution in [0.5, 0.6) is 0 Å². The summed E-state index contributed by atoms with van der Waals surface area (Å²) in [5.74, 6) is -1.97. The minimum Gasteiger partial charge on any atom is -0.480 e. The van der Waals surface area contributed by atoms with E-state index in [0.717, 1.165) is 6.07 Å². The van der Waals surface area contributed by atoms with Crippen LogP contribution < -0.4 is 4.80 Å². The van der Waals surface area contributed by atoms with Crippen molar-refractivity contribution < 1.29 is 27.9 Å². The molecule has 0 bridgehead atoms. The molecule has 0 aliphatic rings. The van der Waals surface area contributed by atoms with E-state index >= 15 is 0 Å². The van der Waals surface area contributed by atoms with Gasteiger partial charge in [0, 0.05) is 10.6 Å². The van der Waals surface area contributed by atoms with Crippen LogP contribution in [-0.4, -0.2) is 21.6 Å². The lowest BCUT2D eigenvalue weighted by atomic mass is 10.1. The van der Waals surface area contributed by atoms with Crippen molar-refractivity contribution in [3.05, 3.63) is 63.4 Å². The first-order chi connectivity index (χ1) is 13.6. The van der Waals surface area contributed by atoms with Gasteiger partial charge >= 0.3 is 12.1 Å². The molecule has 1 unspecified atom stereocenters. The van der Waals surface area contributed by atoms with E-state index in [9.17, 15) is 27.9 Å². The zero-order valence-corrected chi connectivity index (χ0v) is 16.5. The predicted molar refractivity (Wildman–Crippen MR) is 103 cm³/mol. The number of fused-ring (bicyclic) bond motifs is 1. The number of carbonyl (C=O) groups excluding carboxylic acids is 1. The Kier molecular flexibility index (Phi) is 5.81. The number of rotatable bonds is 4. The Morgan fingerprint density at radius 2 is 1.93 bits per heavy atom. The fourth-order valence-electron chi connectivity index (χ4n) is 2.91. The van der Waals surface area contributed by atoms with Crippen molar-refractivity contribution in [2.45, 2.75) is 25.6 Å². The van der Waals surface area contributed by atoms with Crippen LogP contribution in [0.3, 0.4) is 0 Å². The van der Waals surface area contributed by atoms with Crippen molar-refractivity contribution in [2.24, 2.45) is 4.99 Å². The van der Waals surface area contributed by atoms with Crippen LogP contribution in [-0.2, 0) is 11.0 Å². The number of carbonyl (C=O) groups is 2. The van der Waals surface area contributed by atoms with E-state index in [1.165, 1.54) is 34.9 Å². The van der Waals surface area contributed by atoms with E-state index in [1.54, 1.807) is 13.0 Å². The van der Waals surface area contributed by atoms with Gasteiger partial charge in [-0.15, -0.1) is 0 Å². The van der Waals surface area contributed by atoms with Gasteiger partial charge in [-0.1, -0.05) is 42.0 Å². The van der Waals surface area contributed by atoms with Gasteiger partial charge in [0.1, 0.15) is 6.04 Å². The van der Waals surface area contributed by atoms with E-state index in [1.807, 2.05) is 0 Å². The third-order valence-corrected chi connectivity index (χ3v) is 5.55. The van der Waals surface area contributed by atoms with Gasteiger partial charge in [-0.3, -0.25) is 4.79 Å². The Morgan fingerprint density at radius 1 is 1.24 bits per heavy atom. The van der Waals surface area contributed by atoms with Gasteiger partial charge in [0.25, 0.3) is 5.91 Å². The second-order valence-electron chi connectivity index (χ2n) is 6.10. The highest BCUT2D eigenvalue weighted by atomic mass is 35.5. The first-order valence-electron chi connectivity index (χ1n) is 8.42. The number of halogens is 4. The van der Waals surface area contributed by atoms with Gasteiger partial charge < -0.3 is 9.67 Å². The molecule has 152 valence electrons. The third kappa shape index (κ3) is 4.20. The van der Waals surface area contributed by atoms with Crippen molar-refractivity contribution in [1.29, 1.82) is 0 Å². The smallest absolute Gasteiger partial charge is 0.417 e. The number of carboxylic acids is 1. The summed E-state index contributed by atoms with van der Waals surface area (Å²) in [5.41, 5.74) is -0.719. The van der Waals surface area contributed by atoms with E-state index in [-0.39, 0.29) is 27.0 Å². The summed E-state index contributed by atoms with van der Waals surface area (Å²) >= 11 is 6.50. The fraction of sp³-hybridized carbons (Fsp3) is 0.211. The molecule has 0 aliphatic carbocycles. The van der Waals surface area contributed by atoms with E-state index < -0.39 is 29.7 Å². The van der Waals surface area contributed by atoms with E-state index in [0.29, 0.717) is 16.4 Å². The predicted octanol–water partition coefficient (Wildman–Crippen LogP) is 5.15. The van der Waals surface area contributed by atoms with Crippen LogP contribution in [0.2, 0.25) is 5.02 Å². The maximum Gasteiger partial charge on any atom is 0.417 e. The highest BCUT2D eigenvalue weighted by Gasteiger charge is 2.34. The summed E-state index contributed by atoms with van der Waals surface area (Å²) in [5, 5.41) is 9.86. The Balaban J connectivity index is 2.33. The maximum atomic E-state index is 13.4. The number of alkyl halides is 3. The molecule has 1 amide bonds. The second kappa shape index (κ2) is 8.00. The number of benzene rings is 2. The van der Waals surface area contributed by atoms with Crippen LogP contribution in [0, 0.1) is 0 Å². The minimum absolute atomic E-state index is 0.0525. The molecule has 3 rings (SSSR count). The number of carboxylic acid groups (broad SMARTS) is 1. The van der Waals surface area contributed by atoms with E-state index in [2.05, 4.69) is 4.99 Å². The molecule has 3 aromatic rings. The average molecular weight is 443 g/mol. The summed E-state index contributed by atoms with van der Waals surface area (Å²) in [6.07, 6.45) is -4.54. The minimum atomic E-state index is -4.64. The molecule has 0 fully saturated rings. The van der Waals surface area contributed by atoms with Crippen molar-refractivity contribution >= 4 is 45.0 Å². The van der Waals surface area contributed by atoms with Crippen molar-refractivity contribution in [1.82, 2.24) is 4.57 Å². The molecule has 1 heterocycles. The van der Waals surface area contributed by atoms with Gasteiger partial charge in [-0.25, -0.2) is 4.79 Å². The zero-order chi connectivity index (χ0) is 21.3. The molecule has 0 aliphatic heterocycles. The SMILES string of the molecule is CCC(C(=O)O)n1/c(=N/C(=O)c2cccc(Cl)c2)sc2c(C(F)(F)F)cccc21. The number of aliphatic carboxylic acids is 1. The first-order valence-corrected chi connectivity index (χ1v) is 9.61. The molecule has 1 atom stereocenters. The van der Waals surface area contributed by atoms with Gasteiger partial charge in [0.05, 0.1) is 15.8 Å². The number of hydrogen-bond acceptors (Lipinski definition) is 3. The van der Waals surface area contributed by atoms with Crippen molar-refractivity contribution in [2.75, 3.05) is 0 Å². The zero-order valence-electron chi connectivity index (χ0n) is 14.9. The Hall–Kier alpha value is -2.65. The van der Waals surface area contributed by atoms with Crippen LogP contribution in [0.1, 0.15) is 35.3 Å². The summed E-state index contributed by atoms with van der Waals surface area (Å²) < 4.78 is 41.3. The molecule has 2 aromatic carbocycles. The molecule has 10 heteroatoms. The molecule has 0 spiro atoms. The van der Waals surface area contributed by atoms with Crippen LogP contribution in [0.25, 0.3) is 10.2 Å². The fourth-order valence-corrected chi connectivity index (χ4v) is 4.30. The summed E-state index contributed by atoms with van der Waals surface area (Å²) in [6, 6.07) is 8.25. The Bertz CT molecular complexity index is 1170. The lowest BCUT2D eigenvalue weighted by Crippen LogP contribution is -2.27. The Labute approximate surface area is 171 Å². The monoisotopic (exact) mass is 442 g/mol. The highest BCUT2D eigenvalue weighted by molar-refractivity contribution is 7.16. The van der Waals surface area contributed by atoms with E-state index in [4.69, 9.17) is 11.6 Å². The molecule has 0 saturated heterocycles. The van der Waals surface area contributed by atoms with Crippen molar-refractivity contribution in [3.63, 3.8) is 0 Å². The number of nitrogens with zero attached hydrogens (tertiary/aromatic N) is 2.